The molecule has 1 heterocycles. The third-order valence-corrected chi connectivity index (χ3v) is 4.79. The number of aliphatic imine (C=N–C) groups is 1. The highest BCUT2D eigenvalue weighted by Gasteiger charge is 2.14. The number of halogens is 1. The van der Waals surface area contributed by atoms with Gasteiger partial charge in [0.1, 0.15) is 0 Å². The molecule has 0 saturated heterocycles. The van der Waals surface area contributed by atoms with Crippen LogP contribution in [0.4, 0.5) is 0 Å². The highest BCUT2D eigenvalue weighted by molar-refractivity contribution is 14.0. The fourth-order valence-electron chi connectivity index (χ4n) is 3.28. The molecule has 0 fully saturated rings. The molecule has 2 aromatic rings. The van der Waals surface area contributed by atoms with Crippen LogP contribution in [0.25, 0.3) is 0 Å². The Kier molecular flexibility index (Phi) is 8.34. The van der Waals surface area contributed by atoms with E-state index in [0.717, 1.165) is 37.6 Å². The van der Waals surface area contributed by atoms with Gasteiger partial charge < -0.3 is 10.6 Å². The van der Waals surface area contributed by atoms with Crippen LogP contribution in [0.1, 0.15) is 42.3 Å². The summed E-state index contributed by atoms with van der Waals surface area (Å²) in [6.45, 7) is 8.59. The first-order chi connectivity index (χ1) is 12.7. The molecule has 2 N–H and O–H groups in total. The number of benzene rings is 1. The second-order valence-electron chi connectivity index (χ2n) is 6.77. The maximum Gasteiger partial charge on any atom is 0.191 e. The first kappa shape index (κ1) is 21.5. The van der Waals surface area contributed by atoms with Crippen molar-refractivity contribution in [3.05, 3.63) is 65.0 Å². The Labute approximate surface area is 179 Å². The lowest BCUT2D eigenvalue weighted by Gasteiger charge is -2.16. The smallest absolute Gasteiger partial charge is 0.191 e. The normalized spacial score (nSPS) is 14.3. The van der Waals surface area contributed by atoms with Crippen molar-refractivity contribution in [1.29, 1.82) is 0 Å². The van der Waals surface area contributed by atoms with E-state index in [1.54, 1.807) is 0 Å². The summed E-state index contributed by atoms with van der Waals surface area (Å²) in [5, 5.41) is 11.6. The van der Waals surface area contributed by atoms with Crippen LogP contribution < -0.4 is 10.6 Å². The third-order valence-electron chi connectivity index (χ3n) is 4.79. The summed E-state index contributed by atoms with van der Waals surface area (Å²) in [6, 6.07) is 10.9. The molecular formula is C21H30IN5. The highest BCUT2D eigenvalue weighted by atomic mass is 127. The third kappa shape index (κ3) is 5.82. The molecule has 1 aliphatic carbocycles. The van der Waals surface area contributed by atoms with Gasteiger partial charge in [0.15, 0.2) is 5.96 Å². The molecule has 1 aromatic carbocycles. The molecule has 0 aliphatic heterocycles. The topological polar surface area (TPSA) is 54.2 Å². The van der Waals surface area contributed by atoms with Gasteiger partial charge in [-0.2, -0.15) is 5.10 Å². The van der Waals surface area contributed by atoms with Crippen molar-refractivity contribution in [1.82, 2.24) is 20.4 Å². The monoisotopic (exact) mass is 479 g/mol. The van der Waals surface area contributed by atoms with Gasteiger partial charge >= 0.3 is 0 Å². The number of hydrogen-bond acceptors (Lipinski definition) is 2. The number of rotatable bonds is 6. The quantitative estimate of drug-likeness (QED) is 0.286. The molecule has 27 heavy (non-hydrogen) atoms. The summed E-state index contributed by atoms with van der Waals surface area (Å²) in [5.74, 6) is 0.885. The van der Waals surface area contributed by atoms with Crippen LogP contribution in [0.3, 0.4) is 0 Å². The standard InChI is InChI=1S/C21H29N5.HI/c1-4-22-21(24-19-12-8-9-13-19)23-14-20-16(2)25-26(17(20)3)15-18-10-6-5-7-11-18;/h5-11,19H,4,12-15H2,1-3H3,(H2,22,23,24);1H. The van der Waals surface area contributed by atoms with Crippen LogP contribution in [0.2, 0.25) is 0 Å². The van der Waals surface area contributed by atoms with Crippen molar-refractivity contribution in [3.8, 4) is 0 Å². The van der Waals surface area contributed by atoms with E-state index in [-0.39, 0.29) is 24.0 Å². The van der Waals surface area contributed by atoms with Gasteiger partial charge in [-0.05, 0) is 39.2 Å². The second-order valence-corrected chi connectivity index (χ2v) is 6.77. The maximum atomic E-state index is 4.80. The van der Waals surface area contributed by atoms with E-state index in [2.05, 4.69) is 72.5 Å². The molecule has 5 nitrogen and oxygen atoms in total. The minimum absolute atomic E-state index is 0. The zero-order valence-corrected chi connectivity index (χ0v) is 18.7. The molecule has 0 atom stereocenters. The molecule has 3 rings (SSSR count). The average Bonchev–Trinajstić information content (AvgIpc) is 3.23. The predicted octanol–water partition coefficient (Wildman–Crippen LogP) is 3.94. The Balaban J connectivity index is 0.00000261. The molecule has 146 valence electrons. The van der Waals surface area contributed by atoms with Gasteiger partial charge in [-0.3, -0.25) is 4.68 Å². The largest absolute Gasteiger partial charge is 0.357 e. The van der Waals surface area contributed by atoms with E-state index in [9.17, 15) is 0 Å². The Morgan fingerprint density at radius 2 is 1.89 bits per heavy atom. The fourth-order valence-corrected chi connectivity index (χ4v) is 3.28. The van der Waals surface area contributed by atoms with E-state index < -0.39 is 0 Å². The van der Waals surface area contributed by atoms with Gasteiger partial charge in [0, 0.05) is 23.8 Å². The first-order valence-corrected chi connectivity index (χ1v) is 9.44. The van der Waals surface area contributed by atoms with Gasteiger partial charge in [0.05, 0.1) is 18.8 Å². The molecule has 0 radical (unpaired) electrons. The fraction of sp³-hybridized carbons (Fsp3) is 0.429. The number of guanidine groups is 1. The van der Waals surface area contributed by atoms with Crippen molar-refractivity contribution < 1.29 is 0 Å². The minimum Gasteiger partial charge on any atom is -0.357 e. The Bertz CT molecular complexity index is 771. The number of aryl methyl sites for hydroxylation is 1. The van der Waals surface area contributed by atoms with Crippen molar-refractivity contribution in [2.75, 3.05) is 6.54 Å². The van der Waals surface area contributed by atoms with E-state index in [0.29, 0.717) is 12.6 Å². The second kappa shape index (κ2) is 10.5. The minimum atomic E-state index is 0. The molecule has 1 aliphatic rings. The number of nitrogens with one attached hydrogen (secondary N) is 2. The predicted molar refractivity (Wildman–Crippen MR) is 123 cm³/mol. The zero-order chi connectivity index (χ0) is 18.4. The lowest BCUT2D eigenvalue weighted by molar-refractivity contribution is 0.633. The van der Waals surface area contributed by atoms with Crippen molar-refractivity contribution in [2.24, 2.45) is 4.99 Å². The van der Waals surface area contributed by atoms with Gasteiger partial charge in [0.2, 0.25) is 0 Å². The summed E-state index contributed by atoms with van der Waals surface area (Å²) in [6.07, 6.45) is 6.58. The average molecular weight is 479 g/mol. The summed E-state index contributed by atoms with van der Waals surface area (Å²) in [5.41, 5.74) is 4.72. The van der Waals surface area contributed by atoms with Gasteiger partial charge in [-0.25, -0.2) is 4.99 Å². The lowest BCUT2D eigenvalue weighted by atomic mass is 10.2. The summed E-state index contributed by atoms with van der Waals surface area (Å²) in [4.78, 5) is 4.80. The van der Waals surface area contributed by atoms with Crippen LogP contribution in [0.5, 0.6) is 0 Å². The van der Waals surface area contributed by atoms with E-state index in [1.165, 1.54) is 16.8 Å². The Morgan fingerprint density at radius 1 is 1.19 bits per heavy atom. The van der Waals surface area contributed by atoms with Crippen LogP contribution in [0, 0.1) is 13.8 Å². The molecule has 0 spiro atoms. The van der Waals surface area contributed by atoms with E-state index >= 15 is 0 Å². The van der Waals surface area contributed by atoms with E-state index in [1.807, 2.05) is 6.07 Å². The molecule has 1 aromatic heterocycles. The zero-order valence-electron chi connectivity index (χ0n) is 16.4. The van der Waals surface area contributed by atoms with Gasteiger partial charge in [0.25, 0.3) is 0 Å². The highest BCUT2D eigenvalue weighted by Crippen LogP contribution is 2.16. The SMILES string of the molecule is CCNC(=NCc1c(C)nn(Cc2ccccc2)c1C)NC1CC=CC1.I. The molecule has 0 amide bonds. The lowest BCUT2D eigenvalue weighted by Crippen LogP contribution is -2.42. The molecule has 0 bridgehead atoms. The van der Waals surface area contributed by atoms with Crippen LogP contribution in [-0.4, -0.2) is 28.3 Å². The van der Waals surface area contributed by atoms with Gasteiger partial charge in [-0.1, -0.05) is 42.5 Å². The molecule has 0 unspecified atom stereocenters. The summed E-state index contributed by atoms with van der Waals surface area (Å²) >= 11 is 0. The van der Waals surface area contributed by atoms with Crippen LogP contribution in [0.15, 0.2) is 47.5 Å². The summed E-state index contributed by atoms with van der Waals surface area (Å²) < 4.78 is 2.08. The molecule has 0 saturated carbocycles. The van der Waals surface area contributed by atoms with Crippen LogP contribution >= 0.6 is 24.0 Å². The number of nitrogens with zero attached hydrogens (tertiary/aromatic N) is 3. The molecular weight excluding hydrogens is 449 g/mol. The van der Waals surface area contributed by atoms with Crippen molar-refractivity contribution >= 4 is 29.9 Å². The maximum absolute atomic E-state index is 4.80. The Morgan fingerprint density at radius 3 is 2.56 bits per heavy atom. The van der Waals surface area contributed by atoms with Crippen molar-refractivity contribution in [2.45, 2.75) is 52.7 Å². The number of aromatic nitrogens is 2. The summed E-state index contributed by atoms with van der Waals surface area (Å²) in [7, 11) is 0. The van der Waals surface area contributed by atoms with Gasteiger partial charge in [-0.15, -0.1) is 24.0 Å². The van der Waals surface area contributed by atoms with Crippen molar-refractivity contribution in [3.63, 3.8) is 0 Å². The van der Waals surface area contributed by atoms with E-state index in [4.69, 9.17) is 10.1 Å². The molecule has 6 heteroatoms. The number of hydrogen-bond donors (Lipinski definition) is 2. The van der Waals surface area contributed by atoms with Crippen LogP contribution in [-0.2, 0) is 13.1 Å². The first-order valence-electron chi connectivity index (χ1n) is 9.44. The Hall–Kier alpha value is -1.83.